The van der Waals surface area contributed by atoms with Crippen LogP contribution in [0.2, 0.25) is 0 Å². The smallest absolute Gasteiger partial charge is 0.374 e. The predicted molar refractivity (Wildman–Crippen MR) is 147 cm³/mol. The van der Waals surface area contributed by atoms with Gasteiger partial charge in [-0.25, -0.2) is 9.10 Å². The summed E-state index contributed by atoms with van der Waals surface area (Å²) in [6.07, 6.45) is 0.957. The van der Waals surface area contributed by atoms with Crippen LogP contribution in [0.5, 0.6) is 0 Å². The zero-order valence-corrected chi connectivity index (χ0v) is 21.4. The van der Waals surface area contributed by atoms with Crippen molar-refractivity contribution in [1.82, 2.24) is 4.31 Å². The van der Waals surface area contributed by atoms with Crippen molar-refractivity contribution < 1.29 is 13.9 Å². The SMILES string of the molecule is CCOC(=O)c1oc2ccc(SN(CCc3ccccc3)Cc3cccc4ccccc34)cc2c1C. The Balaban J connectivity index is 1.43. The third-order valence-electron chi connectivity index (χ3n) is 6.32. The molecule has 0 aliphatic carbocycles. The van der Waals surface area contributed by atoms with Crippen LogP contribution in [0.4, 0.5) is 0 Å². The van der Waals surface area contributed by atoms with Crippen LogP contribution in [0.15, 0.2) is 100 Å². The number of rotatable bonds is 9. The van der Waals surface area contributed by atoms with Gasteiger partial charge in [0.2, 0.25) is 5.76 Å². The fourth-order valence-corrected chi connectivity index (χ4v) is 5.46. The highest BCUT2D eigenvalue weighted by molar-refractivity contribution is 7.97. The van der Waals surface area contributed by atoms with Crippen molar-refractivity contribution in [2.45, 2.75) is 31.7 Å². The number of carbonyl (C=O) groups is 1. The average molecular weight is 496 g/mol. The monoisotopic (exact) mass is 495 g/mol. The number of nitrogens with zero attached hydrogens (tertiary/aromatic N) is 1. The van der Waals surface area contributed by atoms with Gasteiger partial charge < -0.3 is 9.15 Å². The van der Waals surface area contributed by atoms with E-state index >= 15 is 0 Å². The van der Waals surface area contributed by atoms with Crippen LogP contribution >= 0.6 is 11.9 Å². The molecule has 182 valence electrons. The Kier molecular flexibility index (Phi) is 7.40. The van der Waals surface area contributed by atoms with Crippen LogP contribution in [-0.2, 0) is 17.7 Å². The first-order chi connectivity index (χ1) is 17.6. The molecule has 0 fully saturated rings. The number of hydrogen-bond acceptors (Lipinski definition) is 5. The maximum absolute atomic E-state index is 12.3. The lowest BCUT2D eigenvalue weighted by Gasteiger charge is -2.22. The Hall–Kier alpha value is -3.54. The van der Waals surface area contributed by atoms with E-state index in [4.69, 9.17) is 9.15 Å². The topological polar surface area (TPSA) is 42.7 Å². The number of carbonyl (C=O) groups excluding carboxylic acids is 1. The predicted octanol–water partition coefficient (Wildman–Crippen LogP) is 7.82. The molecule has 0 aliphatic heterocycles. The molecule has 0 amide bonds. The molecule has 0 saturated carbocycles. The van der Waals surface area contributed by atoms with Crippen LogP contribution in [0.25, 0.3) is 21.7 Å². The quantitative estimate of drug-likeness (QED) is 0.154. The number of fused-ring (bicyclic) bond motifs is 2. The molecule has 5 heteroatoms. The molecule has 0 atom stereocenters. The van der Waals surface area contributed by atoms with Crippen molar-refractivity contribution in [2.24, 2.45) is 0 Å². The van der Waals surface area contributed by atoms with Gasteiger partial charge in [-0.3, -0.25) is 0 Å². The first-order valence-corrected chi connectivity index (χ1v) is 13.0. The van der Waals surface area contributed by atoms with E-state index in [1.165, 1.54) is 21.9 Å². The Morgan fingerprint density at radius 1 is 0.917 bits per heavy atom. The summed E-state index contributed by atoms with van der Waals surface area (Å²) in [5, 5.41) is 3.48. The summed E-state index contributed by atoms with van der Waals surface area (Å²) in [4.78, 5) is 13.4. The van der Waals surface area contributed by atoms with Gasteiger partial charge in [-0.2, -0.15) is 0 Å². The van der Waals surface area contributed by atoms with Crippen molar-refractivity contribution >= 4 is 39.7 Å². The highest BCUT2D eigenvalue weighted by atomic mass is 32.2. The summed E-state index contributed by atoms with van der Waals surface area (Å²) in [5.74, 6) is -0.133. The summed E-state index contributed by atoms with van der Waals surface area (Å²) >= 11 is 1.74. The molecule has 0 bridgehead atoms. The maximum atomic E-state index is 12.3. The van der Waals surface area contributed by atoms with Gasteiger partial charge in [0.1, 0.15) is 5.58 Å². The molecular formula is C31H29NO3S. The first-order valence-electron chi connectivity index (χ1n) is 12.3. The molecule has 0 N–H and O–H groups in total. The summed E-state index contributed by atoms with van der Waals surface area (Å²) in [6, 6.07) is 31.8. The zero-order chi connectivity index (χ0) is 24.9. The lowest BCUT2D eigenvalue weighted by molar-refractivity contribution is 0.0491. The average Bonchev–Trinajstić information content (AvgIpc) is 3.24. The molecule has 0 spiro atoms. The van der Waals surface area contributed by atoms with Crippen molar-refractivity contribution in [3.63, 3.8) is 0 Å². The van der Waals surface area contributed by atoms with Crippen molar-refractivity contribution in [3.8, 4) is 0 Å². The van der Waals surface area contributed by atoms with Crippen LogP contribution in [0, 0.1) is 6.92 Å². The number of ether oxygens (including phenoxy) is 1. The Bertz CT molecular complexity index is 1490. The van der Waals surface area contributed by atoms with Crippen LogP contribution in [-0.4, -0.2) is 23.4 Å². The number of hydrogen-bond donors (Lipinski definition) is 0. The number of furan rings is 1. The van der Waals surface area contributed by atoms with Gasteiger partial charge in [0, 0.05) is 28.9 Å². The van der Waals surface area contributed by atoms with E-state index in [-0.39, 0.29) is 5.76 Å². The minimum atomic E-state index is -0.416. The number of benzene rings is 4. The number of aryl methyl sites for hydroxylation is 1. The minimum Gasteiger partial charge on any atom is -0.460 e. The molecule has 0 aliphatic rings. The largest absolute Gasteiger partial charge is 0.460 e. The molecule has 0 radical (unpaired) electrons. The molecule has 5 aromatic rings. The van der Waals surface area contributed by atoms with Crippen molar-refractivity contribution in [1.29, 1.82) is 0 Å². The molecule has 0 saturated heterocycles. The Morgan fingerprint density at radius 2 is 1.69 bits per heavy atom. The van der Waals surface area contributed by atoms with Crippen LogP contribution in [0.1, 0.15) is 34.2 Å². The third kappa shape index (κ3) is 5.32. The standard InChI is InChI=1S/C31H29NO3S/c1-3-34-31(33)30-22(2)28-20-26(16-17-29(28)35-30)36-32(19-18-23-10-5-4-6-11-23)21-25-14-9-13-24-12-7-8-15-27(24)25/h4-17,20H,3,18-19,21H2,1-2H3. The molecule has 1 heterocycles. The van der Waals surface area contributed by atoms with E-state index in [1.807, 2.05) is 13.0 Å². The van der Waals surface area contributed by atoms with Gasteiger partial charge in [-0.1, -0.05) is 72.8 Å². The fourth-order valence-electron chi connectivity index (χ4n) is 4.47. The van der Waals surface area contributed by atoms with Crippen molar-refractivity contribution in [2.75, 3.05) is 13.2 Å². The number of esters is 1. The Labute approximate surface area is 216 Å². The van der Waals surface area contributed by atoms with Crippen LogP contribution in [0.3, 0.4) is 0 Å². The van der Waals surface area contributed by atoms with E-state index in [1.54, 1.807) is 18.9 Å². The Morgan fingerprint density at radius 3 is 2.53 bits per heavy atom. The maximum Gasteiger partial charge on any atom is 0.374 e. The first kappa shape index (κ1) is 24.2. The van der Waals surface area contributed by atoms with Gasteiger partial charge in [-0.05, 0) is 72.3 Å². The second kappa shape index (κ2) is 11.0. The minimum absolute atomic E-state index is 0.283. The molecule has 4 nitrogen and oxygen atoms in total. The van der Waals surface area contributed by atoms with Gasteiger partial charge >= 0.3 is 5.97 Å². The second-order valence-corrected chi connectivity index (χ2v) is 9.93. The van der Waals surface area contributed by atoms with E-state index < -0.39 is 5.97 Å². The third-order valence-corrected chi connectivity index (χ3v) is 7.36. The molecule has 36 heavy (non-hydrogen) atoms. The summed E-state index contributed by atoms with van der Waals surface area (Å²) in [7, 11) is 0. The molecule has 4 aromatic carbocycles. The molecule has 0 unspecified atom stereocenters. The van der Waals surface area contributed by atoms with Gasteiger partial charge in [-0.15, -0.1) is 0 Å². The summed E-state index contributed by atoms with van der Waals surface area (Å²) < 4.78 is 13.4. The lowest BCUT2D eigenvalue weighted by Crippen LogP contribution is -2.18. The fraction of sp³-hybridized carbons (Fsp3) is 0.194. The summed E-state index contributed by atoms with van der Waals surface area (Å²) in [5.41, 5.74) is 4.14. The van der Waals surface area contributed by atoms with E-state index in [0.717, 1.165) is 35.4 Å². The van der Waals surface area contributed by atoms with E-state index in [2.05, 4.69) is 89.2 Å². The lowest BCUT2D eigenvalue weighted by atomic mass is 10.0. The zero-order valence-electron chi connectivity index (χ0n) is 20.6. The highest BCUT2D eigenvalue weighted by Gasteiger charge is 2.19. The highest BCUT2D eigenvalue weighted by Crippen LogP contribution is 2.33. The van der Waals surface area contributed by atoms with Gasteiger partial charge in [0.05, 0.1) is 6.61 Å². The second-order valence-electron chi connectivity index (χ2n) is 8.76. The van der Waals surface area contributed by atoms with E-state index in [0.29, 0.717) is 12.2 Å². The summed E-state index contributed by atoms with van der Waals surface area (Å²) in [6.45, 7) is 5.74. The molecular weight excluding hydrogens is 466 g/mol. The molecule has 1 aromatic heterocycles. The van der Waals surface area contributed by atoms with Gasteiger partial charge in [0.15, 0.2) is 0 Å². The van der Waals surface area contributed by atoms with Crippen LogP contribution < -0.4 is 0 Å². The molecule has 5 rings (SSSR count). The normalized spacial score (nSPS) is 11.4. The van der Waals surface area contributed by atoms with Gasteiger partial charge in [0.25, 0.3) is 0 Å². The van der Waals surface area contributed by atoms with E-state index in [9.17, 15) is 4.79 Å². The van der Waals surface area contributed by atoms with Crippen molar-refractivity contribution in [3.05, 3.63) is 113 Å².